The van der Waals surface area contributed by atoms with Gasteiger partial charge in [0.15, 0.2) is 0 Å². The molecular weight excluding hydrogens is 198 g/mol. The van der Waals surface area contributed by atoms with Gasteiger partial charge in [0.05, 0.1) is 6.26 Å². The Balaban J connectivity index is 2.01. The fourth-order valence-corrected chi connectivity index (χ4v) is 2.29. The number of rotatable bonds is 1. The molecule has 0 amide bonds. The molecule has 0 radical (unpaired) electrons. The van der Waals surface area contributed by atoms with Crippen LogP contribution in [0.3, 0.4) is 0 Å². The van der Waals surface area contributed by atoms with E-state index in [1.54, 1.807) is 6.26 Å². The zero-order chi connectivity index (χ0) is 11.0. The van der Waals surface area contributed by atoms with Crippen molar-refractivity contribution in [1.82, 2.24) is 4.90 Å². The summed E-state index contributed by atoms with van der Waals surface area (Å²) in [5.74, 6) is 0.955. The van der Waals surface area contributed by atoms with Crippen molar-refractivity contribution in [2.24, 2.45) is 0 Å². The fourth-order valence-electron chi connectivity index (χ4n) is 2.29. The Bertz CT molecular complexity index is 487. The molecule has 0 saturated carbocycles. The Morgan fingerprint density at radius 3 is 2.94 bits per heavy atom. The van der Waals surface area contributed by atoms with E-state index in [1.165, 1.54) is 16.7 Å². The second-order valence-corrected chi connectivity index (χ2v) is 4.45. The Kier molecular flexibility index (Phi) is 2.29. The van der Waals surface area contributed by atoms with Crippen LogP contribution in [0.15, 0.2) is 41.0 Å². The van der Waals surface area contributed by atoms with Gasteiger partial charge < -0.3 is 9.32 Å². The first-order valence-electron chi connectivity index (χ1n) is 5.67. The van der Waals surface area contributed by atoms with E-state index in [0.29, 0.717) is 0 Å². The molecule has 0 bridgehead atoms. The fraction of sp³-hybridized carbons (Fsp3) is 0.286. The molecule has 0 fully saturated rings. The maximum absolute atomic E-state index is 5.42. The Hall–Kier alpha value is -1.54. The molecule has 2 heteroatoms. The topological polar surface area (TPSA) is 16.4 Å². The van der Waals surface area contributed by atoms with Crippen LogP contribution in [-0.4, -0.2) is 18.5 Å². The molecule has 0 N–H and O–H groups in total. The number of hydrogen-bond acceptors (Lipinski definition) is 2. The number of nitrogens with zero attached hydrogens (tertiary/aromatic N) is 1. The summed E-state index contributed by atoms with van der Waals surface area (Å²) in [7, 11) is 2.17. The van der Waals surface area contributed by atoms with E-state index in [2.05, 4.69) is 30.1 Å². The molecule has 2 heterocycles. The van der Waals surface area contributed by atoms with Crippen molar-refractivity contribution in [3.8, 4) is 11.3 Å². The van der Waals surface area contributed by atoms with E-state index in [4.69, 9.17) is 4.42 Å². The van der Waals surface area contributed by atoms with Crippen LogP contribution >= 0.6 is 0 Å². The zero-order valence-electron chi connectivity index (χ0n) is 9.44. The molecule has 2 aromatic rings. The normalized spacial score (nSPS) is 16.1. The third-order valence-corrected chi connectivity index (χ3v) is 3.22. The number of fused-ring (bicyclic) bond motifs is 1. The van der Waals surface area contributed by atoms with Crippen molar-refractivity contribution in [2.75, 3.05) is 13.6 Å². The average Bonchev–Trinajstić information content (AvgIpc) is 2.81. The van der Waals surface area contributed by atoms with E-state index < -0.39 is 0 Å². The third kappa shape index (κ3) is 1.65. The molecule has 0 spiro atoms. The Morgan fingerprint density at radius 1 is 1.19 bits per heavy atom. The number of likely N-dealkylation sites (N-methyl/N-ethyl adjacent to an activating group) is 1. The second kappa shape index (κ2) is 3.80. The predicted octanol–water partition coefficient (Wildman–Crippen LogP) is 2.93. The van der Waals surface area contributed by atoms with E-state index in [9.17, 15) is 0 Å². The van der Waals surface area contributed by atoms with Crippen molar-refractivity contribution in [3.05, 3.63) is 47.7 Å². The molecule has 0 unspecified atom stereocenters. The van der Waals surface area contributed by atoms with E-state index in [1.807, 2.05) is 12.1 Å². The van der Waals surface area contributed by atoms with Gasteiger partial charge in [0.25, 0.3) is 0 Å². The third-order valence-electron chi connectivity index (χ3n) is 3.22. The van der Waals surface area contributed by atoms with E-state index in [0.717, 1.165) is 25.3 Å². The summed E-state index contributed by atoms with van der Waals surface area (Å²) in [6.07, 6.45) is 2.88. The molecule has 1 aromatic carbocycles. The van der Waals surface area contributed by atoms with Crippen molar-refractivity contribution in [2.45, 2.75) is 13.0 Å². The molecule has 0 aliphatic carbocycles. The lowest BCUT2D eigenvalue weighted by Crippen LogP contribution is -2.26. The van der Waals surface area contributed by atoms with Crippen molar-refractivity contribution in [1.29, 1.82) is 0 Å². The summed E-state index contributed by atoms with van der Waals surface area (Å²) in [5, 5.41) is 0. The van der Waals surface area contributed by atoms with Gasteiger partial charge in [0.1, 0.15) is 5.76 Å². The summed E-state index contributed by atoms with van der Waals surface area (Å²) in [6.45, 7) is 2.21. The smallest absolute Gasteiger partial charge is 0.133 e. The summed E-state index contributed by atoms with van der Waals surface area (Å²) >= 11 is 0. The monoisotopic (exact) mass is 213 g/mol. The highest BCUT2D eigenvalue weighted by molar-refractivity contribution is 5.59. The quantitative estimate of drug-likeness (QED) is 0.724. The van der Waals surface area contributed by atoms with E-state index >= 15 is 0 Å². The number of furan rings is 1. The minimum Gasteiger partial charge on any atom is -0.464 e. The van der Waals surface area contributed by atoms with Crippen LogP contribution in [0.1, 0.15) is 11.1 Å². The molecule has 1 aromatic heterocycles. The van der Waals surface area contributed by atoms with Gasteiger partial charge in [0.2, 0.25) is 0 Å². The van der Waals surface area contributed by atoms with Crippen LogP contribution in [0.2, 0.25) is 0 Å². The zero-order valence-corrected chi connectivity index (χ0v) is 9.44. The van der Waals surface area contributed by atoms with Gasteiger partial charge in [-0.3, -0.25) is 0 Å². The molecule has 1 aliphatic rings. The van der Waals surface area contributed by atoms with Gasteiger partial charge in [-0.15, -0.1) is 0 Å². The minimum absolute atomic E-state index is 0.955. The lowest BCUT2D eigenvalue weighted by molar-refractivity contribution is 0.313. The van der Waals surface area contributed by atoms with Crippen LogP contribution < -0.4 is 0 Å². The van der Waals surface area contributed by atoms with Crippen LogP contribution in [0, 0.1) is 0 Å². The number of benzene rings is 1. The summed E-state index contributed by atoms with van der Waals surface area (Å²) < 4.78 is 5.42. The maximum Gasteiger partial charge on any atom is 0.133 e. The maximum atomic E-state index is 5.42. The summed E-state index contributed by atoms with van der Waals surface area (Å²) in [5.41, 5.74) is 4.09. The average molecular weight is 213 g/mol. The van der Waals surface area contributed by atoms with Crippen LogP contribution in [0.5, 0.6) is 0 Å². The lowest BCUT2D eigenvalue weighted by atomic mass is 9.97. The molecular formula is C14H15NO. The second-order valence-electron chi connectivity index (χ2n) is 4.45. The van der Waals surface area contributed by atoms with Gasteiger partial charge in [-0.1, -0.05) is 12.1 Å². The standard InChI is InChI=1S/C14H15NO/c1-15-7-6-11-4-5-12(9-13(11)10-15)14-3-2-8-16-14/h2-5,8-9H,6-7,10H2,1H3. The molecule has 0 atom stereocenters. The van der Waals surface area contributed by atoms with Gasteiger partial charge in [-0.2, -0.15) is 0 Å². The van der Waals surface area contributed by atoms with Gasteiger partial charge in [-0.25, -0.2) is 0 Å². The minimum atomic E-state index is 0.955. The first kappa shape index (κ1) is 9.67. The molecule has 16 heavy (non-hydrogen) atoms. The van der Waals surface area contributed by atoms with E-state index in [-0.39, 0.29) is 0 Å². The van der Waals surface area contributed by atoms with Gasteiger partial charge >= 0.3 is 0 Å². The van der Waals surface area contributed by atoms with Crippen LogP contribution in [0.25, 0.3) is 11.3 Å². The SMILES string of the molecule is CN1CCc2ccc(-c3ccco3)cc2C1. The highest BCUT2D eigenvalue weighted by Gasteiger charge is 2.14. The first-order valence-corrected chi connectivity index (χ1v) is 5.67. The molecule has 1 aliphatic heterocycles. The lowest BCUT2D eigenvalue weighted by Gasteiger charge is -2.25. The molecule has 2 nitrogen and oxygen atoms in total. The summed E-state index contributed by atoms with van der Waals surface area (Å²) in [4.78, 5) is 2.36. The largest absolute Gasteiger partial charge is 0.464 e. The predicted molar refractivity (Wildman–Crippen MR) is 64.2 cm³/mol. The highest BCUT2D eigenvalue weighted by Crippen LogP contribution is 2.26. The summed E-state index contributed by atoms with van der Waals surface area (Å²) in [6, 6.07) is 10.6. The van der Waals surface area contributed by atoms with Crippen molar-refractivity contribution < 1.29 is 4.42 Å². The number of hydrogen-bond donors (Lipinski definition) is 0. The van der Waals surface area contributed by atoms with Gasteiger partial charge in [-0.05, 0) is 42.8 Å². The van der Waals surface area contributed by atoms with Crippen LogP contribution in [-0.2, 0) is 13.0 Å². The Labute approximate surface area is 95.5 Å². The molecule has 0 saturated heterocycles. The van der Waals surface area contributed by atoms with Gasteiger partial charge in [0, 0.05) is 18.7 Å². The van der Waals surface area contributed by atoms with Crippen molar-refractivity contribution in [3.63, 3.8) is 0 Å². The van der Waals surface area contributed by atoms with Crippen molar-refractivity contribution >= 4 is 0 Å². The molecule has 3 rings (SSSR count). The van der Waals surface area contributed by atoms with Crippen LogP contribution in [0.4, 0.5) is 0 Å². The highest BCUT2D eigenvalue weighted by atomic mass is 16.3. The molecule has 82 valence electrons. The first-order chi connectivity index (χ1) is 7.83. The Morgan fingerprint density at radius 2 is 2.12 bits per heavy atom.